The summed E-state index contributed by atoms with van der Waals surface area (Å²) >= 11 is 0. The van der Waals surface area contributed by atoms with Crippen LogP contribution in [0.25, 0.3) is 11.0 Å². The van der Waals surface area contributed by atoms with Gasteiger partial charge in [-0.15, -0.1) is 0 Å². The molecule has 0 saturated carbocycles. The van der Waals surface area contributed by atoms with E-state index in [-0.39, 0.29) is 0 Å². The lowest BCUT2D eigenvalue weighted by atomic mass is 10.1. The van der Waals surface area contributed by atoms with E-state index in [1.807, 2.05) is 12.1 Å². The van der Waals surface area contributed by atoms with Crippen LogP contribution in [0.3, 0.4) is 0 Å². The third-order valence-electron chi connectivity index (χ3n) is 4.64. The van der Waals surface area contributed by atoms with Crippen molar-refractivity contribution in [2.24, 2.45) is 0 Å². The highest BCUT2D eigenvalue weighted by atomic mass is 15.2. The minimum absolute atomic E-state index is 0.357. The molecule has 3 aromatic rings. The monoisotopic (exact) mass is 319 g/mol. The van der Waals surface area contributed by atoms with Crippen LogP contribution in [-0.2, 0) is 0 Å². The number of anilines is 1. The van der Waals surface area contributed by atoms with Gasteiger partial charge in [0, 0.05) is 12.7 Å². The fourth-order valence-corrected chi connectivity index (χ4v) is 3.42. The van der Waals surface area contributed by atoms with E-state index in [2.05, 4.69) is 55.5 Å². The summed E-state index contributed by atoms with van der Waals surface area (Å²) in [6.07, 6.45) is 5.90. The molecule has 1 aliphatic rings. The zero-order valence-electron chi connectivity index (χ0n) is 13.6. The van der Waals surface area contributed by atoms with Gasteiger partial charge in [-0.25, -0.2) is 15.0 Å². The molecule has 1 aliphatic heterocycles. The average molecular weight is 319 g/mol. The average Bonchev–Trinajstić information content (AvgIpc) is 3.17. The molecule has 1 atom stereocenters. The van der Waals surface area contributed by atoms with Crippen molar-refractivity contribution in [1.82, 2.24) is 19.9 Å². The largest absolute Gasteiger partial charge is 0.367 e. The van der Waals surface area contributed by atoms with Crippen molar-refractivity contribution in [3.63, 3.8) is 0 Å². The summed E-state index contributed by atoms with van der Waals surface area (Å²) in [4.78, 5) is 15.5. The Kier molecular flexibility index (Phi) is 4.34. The van der Waals surface area contributed by atoms with Crippen LogP contribution in [0, 0.1) is 0 Å². The zero-order valence-corrected chi connectivity index (χ0v) is 13.6. The molecule has 24 heavy (non-hydrogen) atoms. The third-order valence-corrected chi connectivity index (χ3v) is 4.64. The number of benzene rings is 1. The highest BCUT2D eigenvalue weighted by Gasteiger charge is 2.23. The normalized spacial score (nSPS) is 16.3. The first kappa shape index (κ1) is 15.0. The van der Waals surface area contributed by atoms with Gasteiger partial charge in [0.1, 0.15) is 12.1 Å². The molecule has 3 heterocycles. The van der Waals surface area contributed by atoms with E-state index in [0.29, 0.717) is 6.04 Å². The number of likely N-dealkylation sites (tertiary alicyclic amines) is 1. The molecule has 1 unspecified atom stereocenters. The van der Waals surface area contributed by atoms with Gasteiger partial charge in [-0.2, -0.15) is 0 Å². The molecule has 0 bridgehead atoms. The number of aromatic nitrogens is 3. The van der Waals surface area contributed by atoms with Gasteiger partial charge in [0.05, 0.1) is 11.4 Å². The Bertz CT molecular complexity index is 794. The lowest BCUT2D eigenvalue weighted by Crippen LogP contribution is -2.31. The Balaban J connectivity index is 1.58. The summed E-state index contributed by atoms with van der Waals surface area (Å²) in [6, 6.07) is 15.0. The number of hydrogen-bond acceptors (Lipinski definition) is 5. The van der Waals surface area contributed by atoms with Crippen molar-refractivity contribution in [2.75, 3.05) is 25.0 Å². The van der Waals surface area contributed by atoms with Gasteiger partial charge in [-0.3, -0.25) is 4.90 Å². The Morgan fingerprint density at radius 2 is 1.79 bits per heavy atom. The molecular formula is C19H21N5. The molecule has 4 rings (SSSR count). The van der Waals surface area contributed by atoms with Crippen molar-refractivity contribution in [3.8, 4) is 0 Å². The summed E-state index contributed by atoms with van der Waals surface area (Å²) in [6.45, 7) is 3.14. The number of rotatable bonds is 5. The van der Waals surface area contributed by atoms with E-state index in [9.17, 15) is 0 Å². The lowest BCUT2D eigenvalue weighted by Gasteiger charge is -2.28. The molecular weight excluding hydrogens is 298 g/mol. The SMILES string of the molecule is c1ccc(C(CNc2ncnc3ncccc23)N2CCCC2)cc1. The molecule has 1 N–H and O–H groups in total. The van der Waals surface area contributed by atoms with E-state index < -0.39 is 0 Å². The molecule has 0 spiro atoms. The third kappa shape index (κ3) is 3.08. The van der Waals surface area contributed by atoms with Gasteiger partial charge in [-0.1, -0.05) is 30.3 Å². The second-order valence-electron chi connectivity index (χ2n) is 6.15. The minimum atomic E-state index is 0.357. The number of nitrogens with one attached hydrogen (secondary N) is 1. The van der Waals surface area contributed by atoms with Gasteiger partial charge in [0.2, 0.25) is 0 Å². The minimum Gasteiger partial charge on any atom is -0.367 e. The second kappa shape index (κ2) is 6.93. The maximum absolute atomic E-state index is 4.42. The predicted molar refractivity (Wildman–Crippen MR) is 95.8 cm³/mol. The molecule has 0 aliphatic carbocycles. The maximum Gasteiger partial charge on any atom is 0.164 e. The van der Waals surface area contributed by atoms with Gasteiger partial charge in [-0.05, 0) is 43.6 Å². The van der Waals surface area contributed by atoms with Crippen molar-refractivity contribution in [3.05, 3.63) is 60.6 Å². The maximum atomic E-state index is 4.42. The van der Waals surface area contributed by atoms with E-state index in [4.69, 9.17) is 0 Å². The summed E-state index contributed by atoms with van der Waals surface area (Å²) in [7, 11) is 0. The number of pyridine rings is 1. The standard InChI is InChI=1S/C19H21N5/c1-2-7-15(8-3-1)17(24-11-4-5-12-24)13-21-19-16-9-6-10-20-18(16)22-14-23-19/h1-3,6-10,14,17H,4-5,11-13H2,(H,20,21,22,23). The molecule has 122 valence electrons. The number of fused-ring (bicyclic) bond motifs is 1. The van der Waals surface area contributed by atoms with Crippen molar-refractivity contribution in [2.45, 2.75) is 18.9 Å². The predicted octanol–water partition coefficient (Wildman–Crippen LogP) is 3.27. The first-order chi connectivity index (χ1) is 11.9. The van der Waals surface area contributed by atoms with Crippen LogP contribution in [0.1, 0.15) is 24.4 Å². The van der Waals surface area contributed by atoms with Crippen LogP contribution in [0.4, 0.5) is 5.82 Å². The fourth-order valence-electron chi connectivity index (χ4n) is 3.42. The molecule has 2 aromatic heterocycles. The number of hydrogen-bond donors (Lipinski definition) is 1. The quantitative estimate of drug-likeness (QED) is 0.782. The van der Waals surface area contributed by atoms with Crippen molar-refractivity contribution in [1.29, 1.82) is 0 Å². The van der Waals surface area contributed by atoms with Gasteiger partial charge < -0.3 is 5.32 Å². The number of nitrogens with zero attached hydrogens (tertiary/aromatic N) is 4. The van der Waals surface area contributed by atoms with Crippen molar-refractivity contribution < 1.29 is 0 Å². The Morgan fingerprint density at radius 3 is 2.62 bits per heavy atom. The van der Waals surface area contributed by atoms with E-state index in [0.717, 1.165) is 36.5 Å². The van der Waals surface area contributed by atoms with Crippen LogP contribution in [0.15, 0.2) is 55.0 Å². The second-order valence-corrected chi connectivity index (χ2v) is 6.15. The van der Waals surface area contributed by atoms with Gasteiger partial charge in [0.25, 0.3) is 0 Å². The van der Waals surface area contributed by atoms with Crippen molar-refractivity contribution >= 4 is 16.9 Å². The van der Waals surface area contributed by atoms with Gasteiger partial charge >= 0.3 is 0 Å². The zero-order chi connectivity index (χ0) is 16.2. The smallest absolute Gasteiger partial charge is 0.164 e. The van der Waals surface area contributed by atoms with Crippen LogP contribution in [0.2, 0.25) is 0 Å². The lowest BCUT2D eigenvalue weighted by molar-refractivity contribution is 0.256. The van der Waals surface area contributed by atoms with Crippen LogP contribution in [-0.4, -0.2) is 39.5 Å². The fraction of sp³-hybridized carbons (Fsp3) is 0.316. The molecule has 1 saturated heterocycles. The highest BCUT2D eigenvalue weighted by Crippen LogP contribution is 2.26. The molecule has 1 fully saturated rings. The summed E-state index contributed by atoms with van der Waals surface area (Å²) in [5.74, 6) is 0.855. The van der Waals surface area contributed by atoms with Gasteiger partial charge in [0.15, 0.2) is 5.65 Å². The Hall–Kier alpha value is -2.53. The summed E-state index contributed by atoms with van der Waals surface area (Å²) < 4.78 is 0. The summed E-state index contributed by atoms with van der Waals surface area (Å²) in [5.41, 5.74) is 2.08. The topological polar surface area (TPSA) is 53.9 Å². The first-order valence-corrected chi connectivity index (χ1v) is 8.50. The molecule has 0 amide bonds. The highest BCUT2D eigenvalue weighted by molar-refractivity contribution is 5.85. The summed E-state index contributed by atoms with van der Waals surface area (Å²) in [5, 5.41) is 4.50. The van der Waals surface area contributed by atoms with Crippen LogP contribution < -0.4 is 5.32 Å². The van der Waals surface area contributed by atoms with Crippen LogP contribution in [0.5, 0.6) is 0 Å². The molecule has 1 aromatic carbocycles. The molecule has 5 heteroatoms. The molecule has 0 radical (unpaired) electrons. The molecule has 5 nitrogen and oxygen atoms in total. The first-order valence-electron chi connectivity index (χ1n) is 8.50. The Morgan fingerprint density at radius 1 is 0.958 bits per heavy atom. The van der Waals surface area contributed by atoms with Crippen LogP contribution >= 0.6 is 0 Å². The van der Waals surface area contributed by atoms with E-state index in [1.165, 1.54) is 18.4 Å². The Labute approximate surface area is 141 Å². The van der Waals surface area contributed by atoms with E-state index in [1.54, 1.807) is 12.5 Å². The van der Waals surface area contributed by atoms with E-state index >= 15 is 0 Å².